The standard InChI is InChI=1S/C14H20N2/c1-11(2)12-7-3-4-8-13(12)16-14-9-5-6-10-15-14/h3-4,7-8,11H,5-6,9-10H2,1-2H3,(H,15,16). The van der Waals surface area contributed by atoms with E-state index >= 15 is 0 Å². The van der Waals surface area contributed by atoms with Crippen molar-refractivity contribution in [3.05, 3.63) is 29.8 Å². The first kappa shape index (κ1) is 11.2. The maximum Gasteiger partial charge on any atom is 0.101 e. The Balaban J connectivity index is 2.17. The molecule has 1 aliphatic heterocycles. The van der Waals surface area contributed by atoms with Gasteiger partial charge in [0.2, 0.25) is 0 Å². The molecule has 1 N–H and O–H groups in total. The first-order valence-corrected chi connectivity index (χ1v) is 6.16. The van der Waals surface area contributed by atoms with E-state index < -0.39 is 0 Å². The quantitative estimate of drug-likeness (QED) is 0.798. The maximum atomic E-state index is 4.53. The van der Waals surface area contributed by atoms with E-state index in [2.05, 4.69) is 48.4 Å². The van der Waals surface area contributed by atoms with Crippen molar-refractivity contribution < 1.29 is 0 Å². The van der Waals surface area contributed by atoms with Crippen LogP contribution in [0.4, 0.5) is 5.69 Å². The second-order valence-electron chi connectivity index (χ2n) is 4.65. The van der Waals surface area contributed by atoms with E-state index in [4.69, 9.17) is 0 Å². The van der Waals surface area contributed by atoms with Crippen molar-refractivity contribution in [3.8, 4) is 0 Å². The summed E-state index contributed by atoms with van der Waals surface area (Å²) in [6.07, 6.45) is 3.58. The van der Waals surface area contributed by atoms with Crippen LogP contribution in [0, 0.1) is 0 Å². The number of nitrogens with zero attached hydrogens (tertiary/aromatic N) is 1. The van der Waals surface area contributed by atoms with Crippen molar-refractivity contribution in [1.29, 1.82) is 0 Å². The first-order valence-electron chi connectivity index (χ1n) is 6.16. The van der Waals surface area contributed by atoms with Crippen LogP contribution in [0.15, 0.2) is 29.3 Å². The van der Waals surface area contributed by atoms with Gasteiger partial charge in [0.05, 0.1) is 0 Å². The summed E-state index contributed by atoms with van der Waals surface area (Å²) >= 11 is 0. The second kappa shape index (κ2) is 5.15. The minimum absolute atomic E-state index is 0.549. The predicted octanol–water partition coefficient (Wildman–Crippen LogP) is 3.80. The summed E-state index contributed by atoms with van der Waals surface area (Å²) in [6.45, 7) is 5.43. The normalized spacial score (nSPS) is 16.1. The Hall–Kier alpha value is -1.31. The fourth-order valence-electron chi connectivity index (χ4n) is 2.07. The Morgan fingerprint density at radius 3 is 2.69 bits per heavy atom. The van der Waals surface area contributed by atoms with Gasteiger partial charge in [-0.25, -0.2) is 0 Å². The van der Waals surface area contributed by atoms with Gasteiger partial charge in [-0.3, -0.25) is 4.99 Å². The monoisotopic (exact) mass is 216 g/mol. The van der Waals surface area contributed by atoms with Crippen molar-refractivity contribution in [2.45, 2.75) is 39.0 Å². The molecule has 0 aliphatic carbocycles. The second-order valence-corrected chi connectivity index (χ2v) is 4.65. The maximum absolute atomic E-state index is 4.53. The van der Waals surface area contributed by atoms with Gasteiger partial charge >= 0.3 is 0 Å². The molecular formula is C14H20N2. The zero-order valence-corrected chi connectivity index (χ0v) is 10.2. The molecule has 0 fully saturated rings. The van der Waals surface area contributed by atoms with Gasteiger partial charge in [0, 0.05) is 18.7 Å². The minimum atomic E-state index is 0.549. The van der Waals surface area contributed by atoms with Gasteiger partial charge in [-0.1, -0.05) is 32.0 Å². The highest BCUT2D eigenvalue weighted by molar-refractivity contribution is 5.96. The van der Waals surface area contributed by atoms with Gasteiger partial charge in [-0.05, 0) is 30.4 Å². The smallest absolute Gasteiger partial charge is 0.101 e. The van der Waals surface area contributed by atoms with Crippen LogP contribution in [-0.4, -0.2) is 12.4 Å². The molecule has 1 heterocycles. The van der Waals surface area contributed by atoms with E-state index in [1.165, 1.54) is 24.1 Å². The number of aliphatic imine (C=N–C) groups is 1. The molecule has 2 nitrogen and oxygen atoms in total. The Labute approximate surface area is 97.8 Å². The SMILES string of the molecule is CC(C)c1ccccc1NC1=NCCCC1. The molecule has 2 rings (SSSR count). The fraction of sp³-hybridized carbons (Fsp3) is 0.500. The van der Waals surface area contributed by atoms with Gasteiger partial charge in [0.25, 0.3) is 0 Å². The van der Waals surface area contributed by atoms with Crippen LogP contribution in [0.25, 0.3) is 0 Å². The molecule has 0 saturated carbocycles. The average molecular weight is 216 g/mol. The third-order valence-corrected chi connectivity index (χ3v) is 2.99. The summed E-state index contributed by atoms with van der Waals surface area (Å²) < 4.78 is 0. The zero-order valence-electron chi connectivity index (χ0n) is 10.2. The van der Waals surface area contributed by atoms with Crippen LogP contribution in [-0.2, 0) is 0 Å². The number of hydrogen-bond donors (Lipinski definition) is 1. The number of anilines is 1. The third-order valence-electron chi connectivity index (χ3n) is 2.99. The van der Waals surface area contributed by atoms with Crippen LogP contribution in [0.5, 0.6) is 0 Å². The molecule has 0 unspecified atom stereocenters. The van der Waals surface area contributed by atoms with E-state index in [9.17, 15) is 0 Å². The largest absolute Gasteiger partial charge is 0.344 e. The summed E-state index contributed by atoms with van der Waals surface area (Å²) in [6, 6.07) is 8.52. The number of rotatable bonds is 2. The van der Waals surface area contributed by atoms with Crippen molar-refractivity contribution in [1.82, 2.24) is 0 Å². The molecule has 0 spiro atoms. The molecular weight excluding hydrogens is 196 g/mol. The van der Waals surface area contributed by atoms with Crippen LogP contribution in [0.3, 0.4) is 0 Å². The van der Waals surface area contributed by atoms with Crippen LogP contribution >= 0.6 is 0 Å². The molecule has 2 heteroatoms. The number of benzene rings is 1. The van der Waals surface area contributed by atoms with Crippen molar-refractivity contribution in [3.63, 3.8) is 0 Å². The van der Waals surface area contributed by atoms with Gasteiger partial charge in [-0.15, -0.1) is 0 Å². The predicted molar refractivity (Wildman–Crippen MR) is 70.3 cm³/mol. The lowest BCUT2D eigenvalue weighted by Crippen LogP contribution is -2.17. The Morgan fingerprint density at radius 1 is 1.19 bits per heavy atom. The van der Waals surface area contributed by atoms with Crippen molar-refractivity contribution in [2.75, 3.05) is 11.9 Å². The van der Waals surface area contributed by atoms with E-state index in [1.54, 1.807) is 0 Å². The van der Waals surface area contributed by atoms with Crippen molar-refractivity contribution >= 4 is 11.5 Å². The van der Waals surface area contributed by atoms with E-state index in [0.29, 0.717) is 5.92 Å². The van der Waals surface area contributed by atoms with Gasteiger partial charge in [0.15, 0.2) is 0 Å². The number of amidine groups is 1. The van der Waals surface area contributed by atoms with Crippen LogP contribution < -0.4 is 5.32 Å². The molecule has 0 atom stereocenters. The van der Waals surface area contributed by atoms with Crippen LogP contribution in [0.1, 0.15) is 44.6 Å². The molecule has 86 valence electrons. The molecule has 1 aliphatic rings. The Morgan fingerprint density at radius 2 is 2.00 bits per heavy atom. The highest BCUT2D eigenvalue weighted by Gasteiger charge is 2.09. The Bertz CT molecular complexity index is 380. The van der Waals surface area contributed by atoms with Crippen molar-refractivity contribution in [2.24, 2.45) is 4.99 Å². The topological polar surface area (TPSA) is 24.4 Å². The first-order chi connectivity index (χ1) is 7.77. The highest BCUT2D eigenvalue weighted by Crippen LogP contribution is 2.24. The lowest BCUT2D eigenvalue weighted by Gasteiger charge is -2.18. The summed E-state index contributed by atoms with van der Waals surface area (Å²) in [5.41, 5.74) is 2.59. The van der Waals surface area contributed by atoms with Gasteiger partial charge in [-0.2, -0.15) is 0 Å². The number of nitrogens with one attached hydrogen (secondary N) is 1. The van der Waals surface area contributed by atoms with E-state index in [1.807, 2.05) is 0 Å². The molecule has 0 saturated heterocycles. The average Bonchev–Trinajstić information content (AvgIpc) is 2.31. The fourth-order valence-corrected chi connectivity index (χ4v) is 2.07. The molecule has 1 aromatic carbocycles. The van der Waals surface area contributed by atoms with E-state index in [0.717, 1.165) is 18.8 Å². The minimum Gasteiger partial charge on any atom is -0.344 e. The summed E-state index contributed by atoms with van der Waals surface area (Å²) in [4.78, 5) is 4.53. The van der Waals surface area contributed by atoms with Gasteiger partial charge in [0.1, 0.15) is 5.84 Å². The summed E-state index contributed by atoms with van der Waals surface area (Å²) in [5.74, 6) is 1.70. The lowest BCUT2D eigenvalue weighted by molar-refractivity contribution is 0.736. The number of hydrogen-bond acceptors (Lipinski definition) is 2. The zero-order chi connectivity index (χ0) is 11.4. The molecule has 1 aromatic rings. The summed E-state index contributed by atoms with van der Waals surface area (Å²) in [7, 11) is 0. The Kier molecular flexibility index (Phi) is 3.60. The lowest BCUT2D eigenvalue weighted by atomic mass is 10.0. The summed E-state index contributed by atoms with van der Waals surface area (Å²) in [5, 5.41) is 3.48. The molecule has 0 bridgehead atoms. The van der Waals surface area contributed by atoms with Crippen LogP contribution in [0.2, 0.25) is 0 Å². The molecule has 0 aromatic heterocycles. The molecule has 16 heavy (non-hydrogen) atoms. The highest BCUT2D eigenvalue weighted by atomic mass is 15.0. The van der Waals surface area contributed by atoms with E-state index in [-0.39, 0.29) is 0 Å². The van der Waals surface area contributed by atoms with Gasteiger partial charge < -0.3 is 5.32 Å². The molecule has 0 radical (unpaired) electrons. The molecule has 0 amide bonds. The third kappa shape index (κ3) is 2.63. The number of para-hydroxylation sites is 1.